The molecule has 1 fully saturated rings. The Morgan fingerprint density at radius 2 is 2.00 bits per heavy atom. The van der Waals surface area contributed by atoms with Crippen LogP contribution >= 0.6 is 0 Å². The van der Waals surface area contributed by atoms with Gasteiger partial charge in [0, 0.05) is 18.0 Å². The normalized spacial score (nSPS) is 16.4. The molecule has 1 aliphatic heterocycles. The van der Waals surface area contributed by atoms with E-state index in [9.17, 15) is 22.8 Å². The summed E-state index contributed by atoms with van der Waals surface area (Å²) in [6.07, 6.45) is -1.79. The van der Waals surface area contributed by atoms with Crippen molar-refractivity contribution >= 4 is 17.6 Å². The number of nitriles is 1. The average molecular weight is 392 g/mol. The molecule has 28 heavy (non-hydrogen) atoms. The zero-order valence-corrected chi connectivity index (χ0v) is 14.9. The molecule has 0 N–H and O–H groups in total. The van der Waals surface area contributed by atoms with Crippen molar-refractivity contribution in [3.8, 4) is 6.07 Å². The molecular weight excluding hydrogens is 377 g/mol. The zero-order valence-electron chi connectivity index (χ0n) is 14.9. The van der Waals surface area contributed by atoms with E-state index in [1.807, 2.05) is 0 Å². The molecular formula is C17H15F3N6O2. The first-order valence-corrected chi connectivity index (χ1v) is 7.99. The number of hydrogen-bond acceptors (Lipinski definition) is 4. The van der Waals surface area contributed by atoms with Gasteiger partial charge in [0.25, 0.3) is 5.91 Å². The summed E-state index contributed by atoms with van der Waals surface area (Å²) in [5.74, 6) is -0.696. The lowest BCUT2D eigenvalue weighted by Gasteiger charge is -2.26. The van der Waals surface area contributed by atoms with Crippen LogP contribution in [0.2, 0.25) is 0 Å². The third-order valence-electron chi connectivity index (χ3n) is 4.22. The molecule has 0 spiro atoms. The number of carbonyl (C=O) groups is 2. The van der Waals surface area contributed by atoms with E-state index >= 15 is 0 Å². The van der Waals surface area contributed by atoms with Gasteiger partial charge in [-0.15, -0.1) is 0 Å². The Morgan fingerprint density at radius 3 is 2.57 bits per heavy atom. The molecule has 0 aromatic heterocycles. The Hall–Kier alpha value is -3.51. The average Bonchev–Trinajstić information content (AvgIpc) is 2.79. The third kappa shape index (κ3) is 3.77. The molecule has 146 valence electrons. The van der Waals surface area contributed by atoms with E-state index in [0.717, 1.165) is 12.1 Å². The smallest absolute Gasteiger partial charge is 0.306 e. The fraction of sp³-hybridized carbons (Fsp3) is 0.353. The van der Waals surface area contributed by atoms with Crippen molar-refractivity contribution in [1.82, 2.24) is 4.90 Å². The number of carbonyl (C=O) groups excluding carboxylic acids is 2. The van der Waals surface area contributed by atoms with Crippen molar-refractivity contribution in [2.75, 3.05) is 18.0 Å². The van der Waals surface area contributed by atoms with Crippen LogP contribution in [-0.4, -0.2) is 35.5 Å². The highest BCUT2D eigenvalue weighted by Gasteiger charge is 2.51. The number of azide groups is 1. The van der Waals surface area contributed by atoms with E-state index in [-0.39, 0.29) is 18.8 Å². The standard InChI is InChI=1S/C17H15F3N6O2/c1-16(2)14(27)26(15(28)25(16)8-4-3-7-23-24-22)12-6-5-11(10-21)13(9-12)17(18,19)20/h3-6,9H,7-8H2,1-2H3/b4-3-. The number of rotatable bonds is 5. The maximum absolute atomic E-state index is 13.2. The number of hydrogen-bond donors (Lipinski definition) is 0. The van der Waals surface area contributed by atoms with Crippen LogP contribution in [0, 0.1) is 11.3 Å². The molecule has 1 saturated heterocycles. The van der Waals surface area contributed by atoms with Crippen molar-refractivity contribution in [2.24, 2.45) is 5.11 Å². The Balaban J connectivity index is 2.40. The number of imide groups is 1. The molecule has 0 aliphatic carbocycles. The second-order valence-electron chi connectivity index (χ2n) is 6.32. The van der Waals surface area contributed by atoms with Gasteiger partial charge >= 0.3 is 12.2 Å². The number of anilines is 1. The fourth-order valence-electron chi connectivity index (χ4n) is 2.71. The third-order valence-corrected chi connectivity index (χ3v) is 4.22. The Bertz CT molecular complexity index is 926. The first-order valence-electron chi connectivity index (χ1n) is 7.99. The molecule has 1 aliphatic rings. The molecule has 11 heteroatoms. The molecule has 1 aromatic rings. The van der Waals surface area contributed by atoms with Crippen LogP contribution in [-0.2, 0) is 11.0 Å². The van der Waals surface area contributed by atoms with Gasteiger partial charge in [0.2, 0.25) is 0 Å². The van der Waals surface area contributed by atoms with Crippen LogP contribution in [0.5, 0.6) is 0 Å². The van der Waals surface area contributed by atoms with Crippen molar-refractivity contribution in [3.05, 3.63) is 51.9 Å². The minimum Gasteiger partial charge on any atom is -0.306 e. The monoisotopic (exact) mass is 392 g/mol. The first-order chi connectivity index (χ1) is 13.1. The summed E-state index contributed by atoms with van der Waals surface area (Å²) in [5.41, 5.74) is 4.83. The van der Waals surface area contributed by atoms with Crippen LogP contribution in [0.4, 0.5) is 23.7 Å². The van der Waals surface area contributed by atoms with Gasteiger partial charge in [0.1, 0.15) is 5.54 Å². The predicted octanol–water partition coefficient (Wildman–Crippen LogP) is 3.99. The molecule has 1 heterocycles. The van der Waals surface area contributed by atoms with E-state index in [2.05, 4.69) is 10.0 Å². The summed E-state index contributed by atoms with van der Waals surface area (Å²) in [5, 5.41) is 12.2. The summed E-state index contributed by atoms with van der Waals surface area (Å²) < 4.78 is 39.6. The van der Waals surface area contributed by atoms with Gasteiger partial charge in [-0.1, -0.05) is 17.3 Å². The summed E-state index contributed by atoms with van der Waals surface area (Å²) in [6, 6.07) is 3.33. The van der Waals surface area contributed by atoms with Gasteiger partial charge in [0.05, 0.1) is 22.9 Å². The number of amides is 3. The van der Waals surface area contributed by atoms with E-state index in [4.69, 9.17) is 10.8 Å². The Morgan fingerprint density at radius 1 is 1.32 bits per heavy atom. The van der Waals surface area contributed by atoms with Gasteiger partial charge in [-0.05, 0) is 37.6 Å². The van der Waals surface area contributed by atoms with E-state index < -0.39 is 34.8 Å². The second-order valence-corrected chi connectivity index (χ2v) is 6.32. The Kier molecular flexibility index (Phi) is 5.66. The largest absolute Gasteiger partial charge is 0.417 e. The highest BCUT2D eigenvalue weighted by Crippen LogP contribution is 2.37. The minimum absolute atomic E-state index is 0.00255. The minimum atomic E-state index is -4.81. The summed E-state index contributed by atoms with van der Waals surface area (Å²) in [7, 11) is 0. The van der Waals surface area contributed by atoms with Gasteiger partial charge in [0.15, 0.2) is 0 Å². The zero-order chi connectivity index (χ0) is 21.1. The van der Waals surface area contributed by atoms with E-state index in [0.29, 0.717) is 11.0 Å². The molecule has 0 unspecified atom stereocenters. The number of halogens is 3. The van der Waals surface area contributed by atoms with Crippen molar-refractivity contribution in [1.29, 1.82) is 5.26 Å². The molecule has 8 nitrogen and oxygen atoms in total. The van der Waals surface area contributed by atoms with Crippen LogP contribution in [0.1, 0.15) is 25.0 Å². The number of benzene rings is 1. The van der Waals surface area contributed by atoms with E-state index in [1.165, 1.54) is 37.0 Å². The maximum atomic E-state index is 13.2. The van der Waals surface area contributed by atoms with E-state index in [1.54, 1.807) is 0 Å². The molecule has 0 bridgehead atoms. The van der Waals surface area contributed by atoms with Crippen molar-refractivity contribution in [3.63, 3.8) is 0 Å². The molecule has 0 atom stereocenters. The lowest BCUT2D eigenvalue weighted by atomic mass is 10.0. The quantitative estimate of drug-likeness (QED) is 0.248. The van der Waals surface area contributed by atoms with Gasteiger partial charge < -0.3 is 4.90 Å². The fourth-order valence-corrected chi connectivity index (χ4v) is 2.71. The Labute approximate surface area is 158 Å². The molecule has 3 amide bonds. The summed E-state index contributed by atoms with van der Waals surface area (Å²) >= 11 is 0. The lowest BCUT2D eigenvalue weighted by molar-refractivity contribution is -0.137. The van der Waals surface area contributed by atoms with Crippen LogP contribution in [0.25, 0.3) is 10.4 Å². The number of nitrogens with zero attached hydrogens (tertiary/aromatic N) is 6. The van der Waals surface area contributed by atoms with Crippen LogP contribution < -0.4 is 4.90 Å². The maximum Gasteiger partial charge on any atom is 0.417 e. The number of urea groups is 1. The van der Waals surface area contributed by atoms with Crippen molar-refractivity contribution in [2.45, 2.75) is 25.6 Å². The van der Waals surface area contributed by atoms with Gasteiger partial charge in [-0.3, -0.25) is 4.79 Å². The topological polar surface area (TPSA) is 113 Å². The van der Waals surface area contributed by atoms with Crippen LogP contribution in [0.3, 0.4) is 0 Å². The SMILES string of the molecule is CC1(C)C(=O)N(c2ccc(C#N)c(C(F)(F)F)c2)C(=O)N1C/C=C\CN=[N+]=[N-]. The van der Waals surface area contributed by atoms with Gasteiger partial charge in [-0.2, -0.15) is 18.4 Å². The first kappa shape index (κ1) is 20.8. The molecule has 0 radical (unpaired) electrons. The van der Waals surface area contributed by atoms with Gasteiger partial charge in [-0.25, -0.2) is 9.69 Å². The summed E-state index contributed by atoms with van der Waals surface area (Å²) in [4.78, 5) is 29.9. The second kappa shape index (κ2) is 7.62. The summed E-state index contributed by atoms with van der Waals surface area (Å²) in [6.45, 7) is 3.00. The molecule has 2 rings (SSSR count). The lowest BCUT2D eigenvalue weighted by Crippen LogP contribution is -2.44. The predicted molar refractivity (Wildman–Crippen MR) is 93.0 cm³/mol. The molecule has 0 saturated carbocycles. The van der Waals surface area contributed by atoms with Crippen molar-refractivity contribution < 1.29 is 22.8 Å². The number of alkyl halides is 3. The van der Waals surface area contributed by atoms with Crippen LogP contribution in [0.15, 0.2) is 35.5 Å². The highest BCUT2D eigenvalue weighted by atomic mass is 19.4. The molecule has 1 aromatic carbocycles. The highest BCUT2D eigenvalue weighted by molar-refractivity contribution is 6.23.